The van der Waals surface area contributed by atoms with Gasteiger partial charge < -0.3 is 14.5 Å². The Bertz CT molecular complexity index is 1120. The maximum atomic E-state index is 13.9. The summed E-state index contributed by atoms with van der Waals surface area (Å²) in [5.41, 5.74) is -0.658. The van der Waals surface area contributed by atoms with Crippen LogP contribution in [0.4, 0.5) is 10.1 Å². The molecule has 2 aromatic rings. The molecule has 0 saturated carbocycles. The van der Waals surface area contributed by atoms with Gasteiger partial charge in [-0.25, -0.2) is 9.18 Å². The third-order valence-electron chi connectivity index (χ3n) is 5.99. The molecule has 1 unspecified atom stereocenters. The largest absolute Gasteiger partial charge is 0.452 e. The molecule has 0 spiro atoms. The molecule has 2 aliphatic heterocycles. The summed E-state index contributed by atoms with van der Waals surface area (Å²) in [4.78, 5) is 55.1. The van der Waals surface area contributed by atoms with Crippen molar-refractivity contribution in [1.82, 2.24) is 9.80 Å². The number of anilines is 1. The molecule has 0 radical (unpaired) electrons. The molecule has 0 N–H and O–H groups in total. The minimum atomic E-state index is -1.65. The number of rotatable bonds is 5. The Labute approximate surface area is 184 Å². The van der Waals surface area contributed by atoms with Crippen LogP contribution in [0.2, 0.25) is 0 Å². The lowest BCUT2D eigenvalue weighted by atomic mass is 9.97. The van der Waals surface area contributed by atoms with Gasteiger partial charge in [-0.2, -0.15) is 0 Å². The molecule has 2 aliphatic rings. The minimum Gasteiger partial charge on any atom is -0.452 e. The normalized spacial score (nSPS) is 19.5. The highest BCUT2D eigenvalue weighted by molar-refractivity contribution is 6.15. The summed E-state index contributed by atoms with van der Waals surface area (Å²) in [5.74, 6) is -2.56. The van der Waals surface area contributed by atoms with Gasteiger partial charge in [0.25, 0.3) is 11.8 Å². The number of carbonyl (C=O) groups is 4. The van der Waals surface area contributed by atoms with E-state index in [1.165, 1.54) is 34.9 Å². The van der Waals surface area contributed by atoms with Crippen molar-refractivity contribution in [2.45, 2.75) is 25.0 Å². The summed E-state index contributed by atoms with van der Waals surface area (Å²) in [6, 6.07) is 12.6. The predicted molar refractivity (Wildman–Crippen MR) is 112 cm³/mol. The lowest BCUT2D eigenvalue weighted by Crippen LogP contribution is -2.67. The van der Waals surface area contributed by atoms with Crippen molar-refractivity contribution >= 4 is 29.4 Å². The molecular formula is C23H22FN3O5. The Morgan fingerprint density at radius 3 is 2.56 bits per heavy atom. The van der Waals surface area contributed by atoms with Crippen LogP contribution in [0.5, 0.6) is 0 Å². The minimum absolute atomic E-state index is 0.00454. The Morgan fingerprint density at radius 1 is 1.12 bits per heavy atom. The summed E-state index contributed by atoms with van der Waals surface area (Å²) in [5, 5.41) is 0. The van der Waals surface area contributed by atoms with Gasteiger partial charge in [0.1, 0.15) is 5.82 Å². The van der Waals surface area contributed by atoms with Crippen LogP contribution in [0.15, 0.2) is 48.5 Å². The van der Waals surface area contributed by atoms with Gasteiger partial charge in [0.15, 0.2) is 6.61 Å². The smallest absolute Gasteiger partial charge is 0.354 e. The van der Waals surface area contributed by atoms with Gasteiger partial charge in [0.05, 0.1) is 11.3 Å². The zero-order chi connectivity index (χ0) is 23.0. The highest BCUT2D eigenvalue weighted by atomic mass is 19.1. The highest BCUT2D eigenvalue weighted by Gasteiger charge is 2.60. The number of esters is 1. The Kier molecular flexibility index (Phi) is 5.41. The summed E-state index contributed by atoms with van der Waals surface area (Å²) < 4.78 is 19.2. The van der Waals surface area contributed by atoms with E-state index < -0.39 is 35.9 Å². The van der Waals surface area contributed by atoms with Gasteiger partial charge in [0.2, 0.25) is 11.6 Å². The van der Waals surface area contributed by atoms with E-state index in [0.29, 0.717) is 16.8 Å². The summed E-state index contributed by atoms with van der Waals surface area (Å²) >= 11 is 0. The second-order valence-corrected chi connectivity index (χ2v) is 7.84. The Balaban J connectivity index is 1.52. The molecule has 2 heterocycles. The van der Waals surface area contributed by atoms with Gasteiger partial charge in [-0.15, -0.1) is 0 Å². The van der Waals surface area contributed by atoms with E-state index in [1.807, 2.05) is 0 Å². The van der Waals surface area contributed by atoms with Crippen LogP contribution in [0.1, 0.15) is 28.8 Å². The zero-order valence-corrected chi connectivity index (χ0v) is 17.7. The molecule has 9 heteroatoms. The molecule has 4 rings (SSSR count). The molecule has 8 nitrogen and oxygen atoms in total. The van der Waals surface area contributed by atoms with Gasteiger partial charge in [-0.05, 0) is 18.2 Å². The topological polar surface area (TPSA) is 87.2 Å². The number of carbonyl (C=O) groups excluding carboxylic acids is 4. The van der Waals surface area contributed by atoms with Crippen molar-refractivity contribution in [2.24, 2.45) is 0 Å². The molecule has 0 bridgehead atoms. The van der Waals surface area contributed by atoms with Crippen LogP contribution in [-0.2, 0) is 25.7 Å². The van der Waals surface area contributed by atoms with E-state index in [2.05, 4.69) is 0 Å². The first-order valence-electron chi connectivity index (χ1n) is 10.1. The van der Waals surface area contributed by atoms with Crippen LogP contribution < -0.4 is 4.90 Å². The molecule has 1 saturated heterocycles. The number of likely N-dealkylation sites (N-methyl/N-ethyl adjacent to an activating group) is 2. The molecule has 1 atom stereocenters. The van der Waals surface area contributed by atoms with Gasteiger partial charge >= 0.3 is 5.97 Å². The van der Waals surface area contributed by atoms with Gasteiger partial charge in [-0.1, -0.05) is 30.3 Å². The van der Waals surface area contributed by atoms with Gasteiger partial charge in [0, 0.05) is 39.0 Å². The van der Waals surface area contributed by atoms with Crippen molar-refractivity contribution in [3.63, 3.8) is 0 Å². The van der Waals surface area contributed by atoms with Crippen molar-refractivity contribution in [3.05, 3.63) is 65.5 Å². The van der Waals surface area contributed by atoms with E-state index in [-0.39, 0.29) is 25.3 Å². The third-order valence-corrected chi connectivity index (χ3v) is 5.99. The van der Waals surface area contributed by atoms with Crippen molar-refractivity contribution < 1.29 is 28.3 Å². The lowest BCUT2D eigenvalue weighted by Gasteiger charge is -2.46. The molecule has 3 amide bonds. The van der Waals surface area contributed by atoms with Crippen LogP contribution in [0, 0.1) is 5.82 Å². The number of fused-ring (bicyclic) bond motifs is 3. The zero-order valence-electron chi connectivity index (χ0n) is 17.7. The monoisotopic (exact) mass is 439 g/mol. The first kappa shape index (κ1) is 21.5. The molecule has 2 aromatic carbocycles. The van der Waals surface area contributed by atoms with Crippen LogP contribution in [0.3, 0.4) is 0 Å². The third kappa shape index (κ3) is 3.30. The molecule has 32 heavy (non-hydrogen) atoms. The van der Waals surface area contributed by atoms with E-state index in [9.17, 15) is 23.6 Å². The molecule has 1 fully saturated rings. The average Bonchev–Trinajstić information content (AvgIpc) is 3.15. The first-order valence-corrected chi connectivity index (χ1v) is 10.1. The second kappa shape index (κ2) is 8.07. The fourth-order valence-electron chi connectivity index (χ4n) is 4.21. The number of benzene rings is 2. The van der Waals surface area contributed by atoms with Crippen molar-refractivity contribution in [3.8, 4) is 0 Å². The van der Waals surface area contributed by atoms with Crippen LogP contribution in [-0.4, -0.2) is 59.9 Å². The van der Waals surface area contributed by atoms with Crippen LogP contribution in [0.25, 0.3) is 0 Å². The van der Waals surface area contributed by atoms with Gasteiger partial charge in [-0.3, -0.25) is 19.3 Å². The number of hydrogen-bond acceptors (Lipinski definition) is 5. The number of ether oxygens (including phenoxy) is 1. The highest BCUT2D eigenvalue weighted by Crippen LogP contribution is 2.44. The lowest BCUT2D eigenvalue weighted by molar-refractivity contribution is -0.161. The maximum absolute atomic E-state index is 13.9. The first-order chi connectivity index (χ1) is 15.3. The summed E-state index contributed by atoms with van der Waals surface area (Å²) in [6.45, 7) is -0.595. The second-order valence-electron chi connectivity index (χ2n) is 7.84. The average molecular weight is 439 g/mol. The molecule has 0 aromatic heterocycles. The fraction of sp³-hybridized carbons (Fsp3) is 0.304. The van der Waals surface area contributed by atoms with Crippen LogP contribution >= 0.6 is 0 Å². The fourth-order valence-corrected chi connectivity index (χ4v) is 4.21. The number of hydrogen-bond donors (Lipinski definition) is 0. The van der Waals surface area contributed by atoms with E-state index in [4.69, 9.17) is 4.74 Å². The Morgan fingerprint density at radius 2 is 1.81 bits per heavy atom. The molecule has 0 aliphatic carbocycles. The Hall–Kier alpha value is -3.75. The summed E-state index contributed by atoms with van der Waals surface area (Å²) in [7, 11) is 2.91. The SMILES string of the molecule is CN(Cc1ccccc1F)C(=O)COC(=O)C12CCC(=O)N1c1ccccc1C(=O)N2C. The molecule has 166 valence electrons. The van der Waals surface area contributed by atoms with Crippen molar-refractivity contribution in [2.75, 3.05) is 25.6 Å². The van der Waals surface area contributed by atoms with Crippen molar-refractivity contribution in [1.29, 1.82) is 0 Å². The number of para-hydroxylation sites is 1. The van der Waals surface area contributed by atoms with E-state index in [1.54, 1.807) is 42.5 Å². The summed E-state index contributed by atoms with van der Waals surface area (Å²) in [6.07, 6.45) is 0.114. The predicted octanol–water partition coefficient (Wildman–Crippen LogP) is 1.94. The maximum Gasteiger partial charge on any atom is 0.354 e. The number of halogens is 1. The molecular weight excluding hydrogens is 417 g/mol. The number of amides is 3. The standard InChI is InChI=1S/C23H22FN3O5/c1-25(13-15-7-3-5-9-17(15)24)20(29)14-32-22(31)23-12-11-19(28)27(23)18-10-6-4-8-16(18)21(30)26(23)2/h3-10H,11-14H2,1-2H3. The quantitative estimate of drug-likeness (QED) is 0.665. The van der Waals surface area contributed by atoms with E-state index in [0.717, 1.165) is 0 Å². The van der Waals surface area contributed by atoms with E-state index >= 15 is 0 Å². The number of nitrogens with zero attached hydrogens (tertiary/aromatic N) is 3.